The Hall–Kier alpha value is -0.650. The number of rotatable bonds is 2. The van der Waals surface area contributed by atoms with Gasteiger partial charge in [-0.2, -0.15) is 0 Å². The largest absolute Gasteiger partial charge is 0.508 e. The molecule has 0 aliphatic heterocycles. The van der Waals surface area contributed by atoms with E-state index >= 15 is 0 Å². The molecule has 94 valence electrons. The second-order valence-electron chi connectivity index (χ2n) is 3.79. The van der Waals surface area contributed by atoms with E-state index < -0.39 is 10.8 Å². The fraction of sp³-hybridized carbons (Fsp3) is 0.0769. The zero-order chi connectivity index (χ0) is 13.3. The predicted octanol–water partition coefficient (Wildman–Crippen LogP) is 4.32. The Morgan fingerprint density at radius 3 is 2.39 bits per heavy atom. The van der Waals surface area contributed by atoms with E-state index in [0.29, 0.717) is 0 Å². The quantitative estimate of drug-likeness (QED) is 0.830. The lowest BCUT2D eigenvalue weighted by atomic mass is 10.1. The minimum Gasteiger partial charge on any atom is -0.508 e. The molecular weight excluding hydrogens is 380 g/mol. The molecule has 0 spiro atoms. The van der Waals surface area contributed by atoms with Crippen LogP contribution in [0, 0.1) is 0 Å². The molecule has 0 amide bonds. The van der Waals surface area contributed by atoms with Gasteiger partial charge in [0.1, 0.15) is 5.75 Å². The van der Waals surface area contributed by atoms with E-state index in [9.17, 15) is 9.32 Å². The van der Waals surface area contributed by atoms with Gasteiger partial charge < -0.3 is 5.11 Å². The van der Waals surface area contributed by atoms with Crippen LogP contribution in [-0.2, 0) is 10.8 Å². The molecule has 0 aliphatic carbocycles. The number of hydrogen-bond acceptors (Lipinski definition) is 2. The van der Waals surface area contributed by atoms with E-state index in [2.05, 4.69) is 31.9 Å². The minimum atomic E-state index is -1.09. The lowest BCUT2D eigenvalue weighted by molar-refractivity contribution is 0.475. The maximum Gasteiger partial charge on any atom is 0.117 e. The highest BCUT2D eigenvalue weighted by Crippen LogP contribution is 2.33. The number of aromatic hydroxyl groups is 1. The fourth-order valence-electron chi connectivity index (χ4n) is 1.70. The summed E-state index contributed by atoms with van der Waals surface area (Å²) in [6, 6.07) is 10.8. The van der Waals surface area contributed by atoms with Gasteiger partial charge in [-0.25, -0.2) is 0 Å². The van der Waals surface area contributed by atoms with E-state index in [-0.39, 0.29) is 5.75 Å². The lowest BCUT2D eigenvalue weighted by Crippen LogP contribution is -1.92. The topological polar surface area (TPSA) is 37.3 Å². The van der Waals surface area contributed by atoms with Crippen molar-refractivity contribution < 1.29 is 9.32 Å². The highest BCUT2D eigenvalue weighted by atomic mass is 79.9. The maximum absolute atomic E-state index is 11.8. The van der Waals surface area contributed by atoms with E-state index in [1.54, 1.807) is 18.4 Å². The van der Waals surface area contributed by atoms with Crippen LogP contribution in [0.4, 0.5) is 0 Å². The Balaban J connectivity index is 2.66. The monoisotopic (exact) mass is 388 g/mol. The first kappa shape index (κ1) is 13.8. The van der Waals surface area contributed by atoms with Crippen LogP contribution in [0.3, 0.4) is 0 Å². The molecule has 0 saturated carbocycles. The van der Waals surface area contributed by atoms with Gasteiger partial charge in [-0.3, -0.25) is 4.21 Å². The van der Waals surface area contributed by atoms with E-state index in [0.717, 1.165) is 25.0 Å². The molecule has 0 saturated heterocycles. The SMILES string of the molecule is CS(=O)c1cc(Br)ccc1-c1cc(O)cc(Br)c1. The highest BCUT2D eigenvalue weighted by molar-refractivity contribution is 9.10. The van der Waals surface area contributed by atoms with E-state index in [4.69, 9.17) is 0 Å². The second-order valence-corrected chi connectivity index (χ2v) is 6.97. The number of halogens is 2. The third-order valence-corrected chi connectivity index (χ3v) is 4.36. The summed E-state index contributed by atoms with van der Waals surface area (Å²) < 4.78 is 13.4. The van der Waals surface area contributed by atoms with Crippen molar-refractivity contribution in [3.63, 3.8) is 0 Å². The second kappa shape index (κ2) is 5.55. The van der Waals surface area contributed by atoms with Crippen LogP contribution in [0.1, 0.15) is 0 Å². The molecule has 2 aromatic rings. The first-order valence-electron chi connectivity index (χ1n) is 5.10. The summed E-state index contributed by atoms with van der Waals surface area (Å²) in [5.74, 6) is 0.176. The molecular formula is C13H10Br2O2S. The molecule has 0 fully saturated rings. The first-order valence-corrected chi connectivity index (χ1v) is 8.24. The standard InChI is InChI=1S/C13H10Br2O2S/c1-18(17)13-7-9(14)2-3-12(13)8-4-10(15)6-11(16)5-8/h2-7,16H,1H3. The molecule has 0 aromatic heterocycles. The molecule has 1 unspecified atom stereocenters. The van der Waals surface area contributed by atoms with Crippen molar-refractivity contribution in [2.75, 3.05) is 6.26 Å². The van der Waals surface area contributed by atoms with Crippen LogP contribution in [-0.4, -0.2) is 15.6 Å². The van der Waals surface area contributed by atoms with Crippen molar-refractivity contribution in [3.8, 4) is 16.9 Å². The van der Waals surface area contributed by atoms with Gasteiger partial charge in [0, 0.05) is 20.1 Å². The predicted molar refractivity (Wildman–Crippen MR) is 81.3 cm³/mol. The maximum atomic E-state index is 11.8. The van der Waals surface area contributed by atoms with Crippen molar-refractivity contribution in [3.05, 3.63) is 45.3 Å². The smallest absolute Gasteiger partial charge is 0.117 e. The van der Waals surface area contributed by atoms with Crippen LogP contribution < -0.4 is 0 Å². The zero-order valence-electron chi connectivity index (χ0n) is 9.48. The number of benzene rings is 2. The Morgan fingerprint density at radius 2 is 1.78 bits per heavy atom. The van der Waals surface area contributed by atoms with Crippen molar-refractivity contribution in [2.24, 2.45) is 0 Å². The third-order valence-electron chi connectivity index (χ3n) is 2.45. The molecule has 2 rings (SSSR count). The van der Waals surface area contributed by atoms with E-state index in [1.807, 2.05) is 24.3 Å². The molecule has 1 N–H and O–H groups in total. The fourth-order valence-corrected chi connectivity index (χ4v) is 3.48. The van der Waals surface area contributed by atoms with Crippen molar-refractivity contribution in [2.45, 2.75) is 4.90 Å². The van der Waals surface area contributed by atoms with Gasteiger partial charge in [-0.05, 0) is 41.5 Å². The van der Waals surface area contributed by atoms with Gasteiger partial charge in [0.2, 0.25) is 0 Å². The van der Waals surface area contributed by atoms with Crippen LogP contribution in [0.15, 0.2) is 50.2 Å². The van der Waals surface area contributed by atoms with Crippen LogP contribution in [0.2, 0.25) is 0 Å². The number of phenolic OH excluding ortho intramolecular Hbond substituents is 1. The van der Waals surface area contributed by atoms with Gasteiger partial charge >= 0.3 is 0 Å². The Kier molecular flexibility index (Phi) is 4.25. The van der Waals surface area contributed by atoms with Crippen LogP contribution in [0.25, 0.3) is 11.1 Å². The third kappa shape index (κ3) is 3.02. The van der Waals surface area contributed by atoms with Crippen LogP contribution in [0.5, 0.6) is 5.75 Å². The summed E-state index contributed by atoms with van der Waals surface area (Å²) >= 11 is 6.71. The summed E-state index contributed by atoms with van der Waals surface area (Å²) in [5, 5.41) is 9.62. The Labute approximate surface area is 125 Å². The van der Waals surface area contributed by atoms with Crippen molar-refractivity contribution in [1.82, 2.24) is 0 Å². The molecule has 1 atom stereocenters. The normalized spacial score (nSPS) is 12.4. The number of hydrogen-bond donors (Lipinski definition) is 1. The van der Waals surface area contributed by atoms with E-state index in [1.165, 1.54) is 0 Å². The molecule has 0 aliphatic rings. The molecule has 0 radical (unpaired) electrons. The summed E-state index contributed by atoms with van der Waals surface area (Å²) in [4.78, 5) is 0.738. The zero-order valence-corrected chi connectivity index (χ0v) is 13.5. The summed E-state index contributed by atoms with van der Waals surface area (Å²) in [6.07, 6.45) is 1.64. The molecule has 0 bridgehead atoms. The molecule has 5 heteroatoms. The van der Waals surface area contributed by atoms with Crippen molar-refractivity contribution in [1.29, 1.82) is 0 Å². The van der Waals surface area contributed by atoms with Crippen molar-refractivity contribution >= 4 is 42.7 Å². The van der Waals surface area contributed by atoms with Gasteiger partial charge in [0.15, 0.2) is 0 Å². The summed E-state index contributed by atoms with van der Waals surface area (Å²) in [7, 11) is -1.09. The lowest BCUT2D eigenvalue weighted by Gasteiger charge is -2.09. The first-order chi connectivity index (χ1) is 8.47. The molecule has 18 heavy (non-hydrogen) atoms. The highest BCUT2D eigenvalue weighted by Gasteiger charge is 2.10. The Bertz CT molecular complexity index is 606. The average molecular weight is 390 g/mol. The molecule has 2 nitrogen and oxygen atoms in total. The van der Waals surface area contributed by atoms with Crippen LogP contribution >= 0.6 is 31.9 Å². The summed E-state index contributed by atoms with van der Waals surface area (Å²) in [5.41, 5.74) is 1.69. The Morgan fingerprint density at radius 1 is 1.06 bits per heavy atom. The minimum absolute atomic E-state index is 0.176. The van der Waals surface area contributed by atoms with Gasteiger partial charge in [0.25, 0.3) is 0 Å². The number of phenols is 1. The van der Waals surface area contributed by atoms with Gasteiger partial charge in [-0.1, -0.05) is 37.9 Å². The van der Waals surface area contributed by atoms with Gasteiger partial charge in [0.05, 0.1) is 10.8 Å². The summed E-state index contributed by atoms with van der Waals surface area (Å²) in [6.45, 7) is 0. The van der Waals surface area contributed by atoms with Gasteiger partial charge in [-0.15, -0.1) is 0 Å². The molecule has 0 heterocycles. The molecule has 2 aromatic carbocycles. The average Bonchev–Trinajstić information content (AvgIpc) is 2.27.